The van der Waals surface area contributed by atoms with Gasteiger partial charge in [0, 0.05) is 6.54 Å². The van der Waals surface area contributed by atoms with Crippen molar-refractivity contribution in [1.82, 2.24) is 5.32 Å². The van der Waals surface area contributed by atoms with Crippen LogP contribution in [0.1, 0.15) is 31.4 Å². The second-order valence-corrected chi connectivity index (χ2v) is 4.32. The lowest BCUT2D eigenvalue weighted by Gasteiger charge is -2.16. The summed E-state index contributed by atoms with van der Waals surface area (Å²) < 4.78 is 5.65. The summed E-state index contributed by atoms with van der Waals surface area (Å²) in [5.74, 6) is 0.710. The molecule has 0 fully saturated rings. The first-order chi connectivity index (χ1) is 8.04. The van der Waals surface area contributed by atoms with E-state index in [2.05, 4.69) is 5.32 Å². The highest BCUT2D eigenvalue weighted by atomic mass is 16.5. The van der Waals surface area contributed by atoms with Gasteiger partial charge in [-0.2, -0.15) is 0 Å². The SMILES string of the molecule is CCCNC(=O)[C@H](C)Oc1ccc(C)cc1C. The summed E-state index contributed by atoms with van der Waals surface area (Å²) >= 11 is 0. The normalized spacial score (nSPS) is 12.0. The Morgan fingerprint density at radius 1 is 1.41 bits per heavy atom. The van der Waals surface area contributed by atoms with Crippen LogP contribution in [0.2, 0.25) is 0 Å². The van der Waals surface area contributed by atoms with Crippen molar-refractivity contribution in [2.45, 2.75) is 40.2 Å². The Morgan fingerprint density at radius 2 is 2.12 bits per heavy atom. The summed E-state index contributed by atoms with van der Waals surface area (Å²) in [5.41, 5.74) is 2.25. The minimum atomic E-state index is -0.456. The molecule has 1 amide bonds. The van der Waals surface area contributed by atoms with Gasteiger partial charge in [0.2, 0.25) is 0 Å². The number of carbonyl (C=O) groups excluding carboxylic acids is 1. The Hall–Kier alpha value is -1.51. The Kier molecular flexibility index (Phi) is 5.01. The molecule has 3 nitrogen and oxygen atoms in total. The van der Waals surface area contributed by atoms with E-state index in [1.54, 1.807) is 6.92 Å². The molecule has 94 valence electrons. The molecule has 1 N–H and O–H groups in total. The average Bonchev–Trinajstić information content (AvgIpc) is 2.29. The molecule has 0 aliphatic rings. The zero-order valence-electron chi connectivity index (χ0n) is 11.0. The number of ether oxygens (including phenoxy) is 1. The zero-order valence-corrected chi connectivity index (χ0v) is 11.0. The number of hydrogen-bond donors (Lipinski definition) is 1. The van der Waals surface area contributed by atoms with Crippen LogP contribution in [0, 0.1) is 13.8 Å². The van der Waals surface area contributed by atoms with E-state index in [1.807, 2.05) is 39.0 Å². The summed E-state index contributed by atoms with van der Waals surface area (Å²) in [6.45, 7) is 8.51. The molecule has 0 aliphatic carbocycles. The van der Waals surface area contributed by atoms with E-state index in [-0.39, 0.29) is 5.91 Å². The van der Waals surface area contributed by atoms with Crippen LogP contribution < -0.4 is 10.1 Å². The Labute approximate surface area is 103 Å². The van der Waals surface area contributed by atoms with Gasteiger partial charge < -0.3 is 10.1 Å². The number of amides is 1. The Balaban J connectivity index is 2.61. The largest absolute Gasteiger partial charge is 0.481 e. The second kappa shape index (κ2) is 6.28. The molecule has 17 heavy (non-hydrogen) atoms. The number of nitrogens with one attached hydrogen (secondary N) is 1. The number of hydrogen-bond acceptors (Lipinski definition) is 2. The van der Waals surface area contributed by atoms with Crippen LogP contribution in [0.5, 0.6) is 5.75 Å². The minimum Gasteiger partial charge on any atom is -0.481 e. The summed E-state index contributed by atoms with van der Waals surface area (Å²) in [5, 5.41) is 2.82. The van der Waals surface area contributed by atoms with Crippen LogP contribution in [0.25, 0.3) is 0 Å². The van der Waals surface area contributed by atoms with Gasteiger partial charge in [-0.25, -0.2) is 0 Å². The molecule has 0 saturated carbocycles. The third-order valence-electron chi connectivity index (χ3n) is 2.55. The van der Waals surface area contributed by atoms with Crippen molar-refractivity contribution in [3.05, 3.63) is 29.3 Å². The standard InChI is InChI=1S/C14H21NO2/c1-5-8-15-14(16)12(4)17-13-7-6-10(2)9-11(13)3/h6-7,9,12H,5,8H2,1-4H3,(H,15,16)/t12-/m0/s1. The van der Waals surface area contributed by atoms with E-state index in [4.69, 9.17) is 4.74 Å². The van der Waals surface area contributed by atoms with Crippen LogP contribution in [0.4, 0.5) is 0 Å². The van der Waals surface area contributed by atoms with Crippen LogP contribution in [0.3, 0.4) is 0 Å². The Morgan fingerprint density at radius 3 is 2.71 bits per heavy atom. The predicted octanol–water partition coefficient (Wildman–Crippen LogP) is 2.60. The number of aryl methyl sites for hydroxylation is 2. The van der Waals surface area contributed by atoms with Gasteiger partial charge in [-0.15, -0.1) is 0 Å². The summed E-state index contributed by atoms with van der Waals surface area (Å²) in [6.07, 6.45) is 0.477. The summed E-state index contributed by atoms with van der Waals surface area (Å²) in [7, 11) is 0. The lowest BCUT2D eigenvalue weighted by atomic mass is 10.1. The highest BCUT2D eigenvalue weighted by Gasteiger charge is 2.14. The maximum absolute atomic E-state index is 11.6. The molecule has 0 saturated heterocycles. The highest BCUT2D eigenvalue weighted by molar-refractivity contribution is 5.80. The lowest BCUT2D eigenvalue weighted by Crippen LogP contribution is -2.36. The summed E-state index contributed by atoms with van der Waals surface area (Å²) in [4.78, 5) is 11.6. The molecule has 0 aromatic heterocycles. The molecule has 0 bridgehead atoms. The molecule has 0 aliphatic heterocycles. The first kappa shape index (κ1) is 13.6. The molecular formula is C14H21NO2. The molecule has 1 aromatic carbocycles. The molecule has 3 heteroatoms. The average molecular weight is 235 g/mol. The van der Waals surface area contributed by atoms with Gasteiger partial charge in [0.05, 0.1) is 0 Å². The predicted molar refractivity (Wildman–Crippen MR) is 69.3 cm³/mol. The van der Waals surface area contributed by atoms with Crippen molar-refractivity contribution in [3.63, 3.8) is 0 Å². The van der Waals surface area contributed by atoms with E-state index < -0.39 is 6.10 Å². The van der Waals surface area contributed by atoms with E-state index in [1.165, 1.54) is 5.56 Å². The van der Waals surface area contributed by atoms with Gasteiger partial charge in [-0.1, -0.05) is 24.6 Å². The van der Waals surface area contributed by atoms with Gasteiger partial charge in [0.15, 0.2) is 6.10 Å². The van der Waals surface area contributed by atoms with Crippen LogP contribution in [-0.4, -0.2) is 18.6 Å². The van der Waals surface area contributed by atoms with Gasteiger partial charge in [0.1, 0.15) is 5.75 Å². The molecule has 0 spiro atoms. The van der Waals surface area contributed by atoms with E-state index in [9.17, 15) is 4.79 Å². The van der Waals surface area contributed by atoms with Gasteiger partial charge in [0.25, 0.3) is 5.91 Å². The van der Waals surface area contributed by atoms with Crippen molar-refractivity contribution in [3.8, 4) is 5.75 Å². The van der Waals surface area contributed by atoms with Gasteiger partial charge in [-0.05, 0) is 38.8 Å². The topological polar surface area (TPSA) is 38.3 Å². The fourth-order valence-corrected chi connectivity index (χ4v) is 1.57. The number of carbonyl (C=O) groups is 1. The quantitative estimate of drug-likeness (QED) is 0.852. The van der Waals surface area contributed by atoms with Crippen LogP contribution >= 0.6 is 0 Å². The lowest BCUT2D eigenvalue weighted by molar-refractivity contribution is -0.127. The number of rotatable bonds is 5. The summed E-state index contributed by atoms with van der Waals surface area (Å²) in [6, 6.07) is 5.94. The zero-order chi connectivity index (χ0) is 12.8. The van der Waals surface area contributed by atoms with Crippen molar-refractivity contribution in [2.24, 2.45) is 0 Å². The highest BCUT2D eigenvalue weighted by Crippen LogP contribution is 2.19. The third kappa shape index (κ3) is 4.10. The van der Waals surface area contributed by atoms with Crippen LogP contribution in [-0.2, 0) is 4.79 Å². The maximum Gasteiger partial charge on any atom is 0.260 e. The smallest absolute Gasteiger partial charge is 0.260 e. The molecule has 1 rings (SSSR count). The Bertz CT molecular complexity index is 388. The van der Waals surface area contributed by atoms with Crippen LogP contribution in [0.15, 0.2) is 18.2 Å². The van der Waals surface area contributed by atoms with Crippen molar-refractivity contribution >= 4 is 5.91 Å². The fourth-order valence-electron chi connectivity index (χ4n) is 1.57. The van der Waals surface area contributed by atoms with E-state index in [0.717, 1.165) is 17.7 Å². The monoisotopic (exact) mass is 235 g/mol. The van der Waals surface area contributed by atoms with E-state index in [0.29, 0.717) is 6.54 Å². The molecular weight excluding hydrogens is 214 g/mol. The maximum atomic E-state index is 11.6. The van der Waals surface area contributed by atoms with Crippen molar-refractivity contribution < 1.29 is 9.53 Å². The molecule has 0 heterocycles. The first-order valence-electron chi connectivity index (χ1n) is 6.06. The van der Waals surface area contributed by atoms with Gasteiger partial charge >= 0.3 is 0 Å². The first-order valence-corrected chi connectivity index (χ1v) is 6.06. The molecule has 0 radical (unpaired) electrons. The van der Waals surface area contributed by atoms with Gasteiger partial charge in [-0.3, -0.25) is 4.79 Å². The molecule has 1 aromatic rings. The third-order valence-corrected chi connectivity index (χ3v) is 2.55. The van der Waals surface area contributed by atoms with E-state index >= 15 is 0 Å². The second-order valence-electron chi connectivity index (χ2n) is 4.32. The minimum absolute atomic E-state index is 0.0631. The number of benzene rings is 1. The van der Waals surface area contributed by atoms with Crippen molar-refractivity contribution in [2.75, 3.05) is 6.54 Å². The van der Waals surface area contributed by atoms with Crippen molar-refractivity contribution in [1.29, 1.82) is 0 Å². The molecule has 0 unspecified atom stereocenters. The fraction of sp³-hybridized carbons (Fsp3) is 0.500. The molecule has 1 atom stereocenters.